The maximum absolute atomic E-state index is 13.9. The molecule has 0 amide bonds. The van der Waals surface area contributed by atoms with Gasteiger partial charge in [-0.25, -0.2) is 8.78 Å². The molecule has 4 nitrogen and oxygen atoms in total. The Morgan fingerprint density at radius 1 is 1.05 bits per heavy atom. The predicted octanol–water partition coefficient (Wildman–Crippen LogP) is 2.18. The summed E-state index contributed by atoms with van der Waals surface area (Å²) in [5.41, 5.74) is 11.2. The van der Waals surface area contributed by atoms with Crippen LogP contribution in [0.5, 0.6) is 0 Å². The predicted molar refractivity (Wildman–Crippen MR) is 70.3 cm³/mol. The molecule has 4 N–H and O–H groups in total. The summed E-state index contributed by atoms with van der Waals surface area (Å²) in [7, 11) is 0. The third-order valence-electron chi connectivity index (χ3n) is 2.84. The molecule has 0 fully saturated rings. The SMILES string of the molecule is N#CC1=C(N)SC(N)=C(C#N)C1c1cc(F)ccc1F. The number of nitriles is 2. The monoisotopic (exact) mass is 290 g/mol. The van der Waals surface area contributed by atoms with Crippen LogP contribution in [0.3, 0.4) is 0 Å². The van der Waals surface area contributed by atoms with Crippen molar-refractivity contribution in [2.45, 2.75) is 5.92 Å². The Kier molecular flexibility index (Phi) is 3.64. The molecule has 1 heterocycles. The standard InChI is InChI=1S/C13H8F2N4S/c14-6-1-2-10(15)7(3-6)11-8(4-16)12(18)20-13(19)9(11)5-17/h1-3,11H,18-19H2. The van der Waals surface area contributed by atoms with Crippen LogP contribution < -0.4 is 11.5 Å². The molecule has 0 bridgehead atoms. The first kappa shape index (κ1) is 13.9. The quantitative estimate of drug-likeness (QED) is 0.825. The zero-order valence-electron chi connectivity index (χ0n) is 10.0. The molecule has 1 aliphatic rings. The Morgan fingerprint density at radius 2 is 1.60 bits per heavy atom. The topological polar surface area (TPSA) is 99.6 Å². The van der Waals surface area contributed by atoms with Crippen LogP contribution in [0.25, 0.3) is 0 Å². The van der Waals surface area contributed by atoms with Crippen molar-refractivity contribution in [2.24, 2.45) is 11.5 Å². The maximum Gasteiger partial charge on any atom is 0.127 e. The molecule has 20 heavy (non-hydrogen) atoms. The van der Waals surface area contributed by atoms with Gasteiger partial charge in [-0.15, -0.1) is 0 Å². The molecule has 2 rings (SSSR count). The number of thioether (sulfide) groups is 1. The molecular formula is C13H8F2N4S. The van der Waals surface area contributed by atoms with E-state index in [1.807, 2.05) is 12.1 Å². The Labute approximate surface area is 118 Å². The van der Waals surface area contributed by atoms with Crippen LogP contribution in [0.2, 0.25) is 0 Å². The van der Waals surface area contributed by atoms with Crippen LogP contribution in [0.4, 0.5) is 8.78 Å². The second kappa shape index (κ2) is 5.24. The number of hydrogen-bond acceptors (Lipinski definition) is 5. The first-order chi connectivity index (χ1) is 9.49. The van der Waals surface area contributed by atoms with Crippen LogP contribution in [0.15, 0.2) is 39.4 Å². The van der Waals surface area contributed by atoms with E-state index >= 15 is 0 Å². The van der Waals surface area contributed by atoms with E-state index in [1.54, 1.807) is 0 Å². The number of allylic oxidation sites excluding steroid dienone is 2. The molecule has 1 aliphatic heterocycles. The van der Waals surface area contributed by atoms with Gasteiger partial charge >= 0.3 is 0 Å². The number of halogens is 2. The van der Waals surface area contributed by atoms with E-state index in [0.717, 1.165) is 30.0 Å². The van der Waals surface area contributed by atoms with E-state index < -0.39 is 17.6 Å². The van der Waals surface area contributed by atoms with E-state index in [-0.39, 0.29) is 26.8 Å². The molecule has 0 saturated carbocycles. The first-order valence-corrected chi connectivity index (χ1v) is 6.23. The second-order valence-corrected chi connectivity index (χ2v) is 5.06. The summed E-state index contributed by atoms with van der Waals surface area (Å²) in [6.45, 7) is 0. The van der Waals surface area contributed by atoms with Gasteiger partial charge in [0.25, 0.3) is 0 Å². The lowest BCUT2D eigenvalue weighted by Crippen LogP contribution is -2.19. The summed E-state index contributed by atoms with van der Waals surface area (Å²) >= 11 is 0.869. The Balaban J connectivity index is 2.72. The highest BCUT2D eigenvalue weighted by atomic mass is 32.2. The lowest BCUT2D eigenvalue weighted by Gasteiger charge is -2.23. The van der Waals surface area contributed by atoms with Gasteiger partial charge in [-0.05, 0) is 18.2 Å². The van der Waals surface area contributed by atoms with Crippen LogP contribution >= 0.6 is 11.8 Å². The van der Waals surface area contributed by atoms with E-state index in [1.165, 1.54) is 0 Å². The van der Waals surface area contributed by atoms with Crippen molar-refractivity contribution in [1.29, 1.82) is 10.5 Å². The van der Waals surface area contributed by atoms with Gasteiger partial charge in [-0.3, -0.25) is 0 Å². The number of hydrogen-bond donors (Lipinski definition) is 2. The second-order valence-electron chi connectivity index (χ2n) is 3.98. The summed E-state index contributed by atoms with van der Waals surface area (Å²) in [5, 5.41) is 18.5. The van der Waals surface area contributed by atoms with Crippen LogP contribution in [0.1, 0.15) is 11.5 Å². The molecule has 0 unspecified atom stereocenters. The number of benzene rings is 1. The van der Waals surface area contributed by atoms with E-state index in [4.69, 9.17) is 22.0 Å². The summed E-state index contributed by atoms with van der Waals surface area (Å²) in [4.78, 5) is 0. The first-order valence-electron chi connectivity index (χ1n) is 5.41. The third-order valence-corrected chi connectivity index (χ3v) is 3.72. The fourth-order valence-corrected chi connectivity index (χ4v) is 2.73. The average Bonchev–Trinajstić information content (AvgIpc) is 2.41. The van der Waals surface area contributed by atoms with Crippen molar-refractivity contribution in [3.8, 4) is 12.1 Å². The molecular weight excluding hydrogens is 282 g/mol. The molecule has 0 aromatic heterocycles. The van der Waals surface area contributed by atoms with Gasteiger partial charge in [-0.1, -0.05) is 11.8 Å². The Hall–Kier alpha value is -2.51. The molecule has 0 spiro atoms. The van der Waals surface area contributed by atoms with Gasteiger partial charge in [-0.2, -0.15) is 10.5 Å². The van der Waals surface area contributed by atoms with Gasteiger partial charge in [0.15, 0.2) is 0 Å². The molecule has 0 atom stereocenters. The molecule has 0 radical (unpaired) electrons. The number of rotatable bonds is 1. The van der Waals surface area contributed by atoms with Crippen molar-refractivity contribution in [2.75, 3.05) is 0 Å². The van der Waals surface area contributed by atoms with Crippen molar-refractivity contribution in [3.05, 3.63) is 56.6 Å². The number of nitrogens with zero attached hydrogens (tertiary/aromatic N) is 2. The minimum Gasteiger partial charge on any atom is -0.392 e. The molecule has 0 aliphatic carbocycles. The summed E-state index contributed by atoms with van der Waals surface area (Å²) in [5.74, 6) is -2.49. The summed E-state index contributed by atoms with van der Waals surface area (Å²) in [6, 6.07) is 6.50. The number of nitrogens with two attached hydrogens (primary N) is 2. The zero-order chi connectivity index (χ0) is 14.9. The van der Waals surface area contributed by atoms with Crippen molar-refractivity contribution >= 4 is 11.8 Å². The summed E-state index contributed by atoms with van der Waals surface area (Å²) < 4.78 is 27.2. The van der Waals surface area contributed by atoms with Crippen LogP contribution in [-0.2, 0) is 0 Å². The maximum atomic E-state index is 13.9. The van der Waals surface area contributed by atoms with Crippen LogP contribution in [0, 0.1) is 34.3 Å². The van der Waals surface area contributed by atoms with E-state index in [2.05, 4.69) is 0 Å². The van der Waals surface area contributed by atoms with Gasteiger partial charge < -0.3 is 11.5 Å². The van der Waals surface area contributed by atoms with Crippen molar-refractivity contribution in [1.82, 2.24) is 0 Å². The fourth-order valence-electron chi connectivity index (χ4n) is 1.94. The minimum absolute atomic E-state index is 0.00903. The minimum atomic E-state index is -1.08. The Morgan fingerprint density at radius 3 is 2.10 bits per heavy atom. The Bertz CT molecular complexity index is 689. The molecule has 7 heteroatoms. The normalized spacial score (nSPS) is 16.0. The molecule has 1 aromatic rings. The van der Waals surface area contributed by atoms with Gasteiger partial charge in [0.05, 0.1) is 39.3 Å². The van der Waals surface area contributed by atoms with Crippen molar-refractivity contribution < 1.29 is 8.78 Å². The lowest BCUT2D eigenvalue weighted by molar-refractivity contribution is 0.582. The van der Waals surface area contributed by atoms with Crippen LogP contribution in [-0.4, -0.2) is 0 Å². The zero-order valence-corrected chi connectivity index (χ0v) is 10.8. The molecule has 100 valence electrons. The molecule has 0 saturated heterocycles. The van der Waals surface area contributed by atoms with Crippen molar-refractivity contribution in [3.63, 3.8) is 0 Å². The summed E-state index contributed by atoms with van der Waals surface area (Å²) in [6.07, 6.45) is 0. The lowest BCUT2D eigenvalue weighted by atomic mass is 9.85. The van der Waals surface area contributed by atoms with Gasteiger partial charge in [0, 0.05) is 5.56 Å². The van der Waals surface area contributed by atoms with Gasteiger partial charge in [0.2, 0.25) is 0 Å². The van der Waals surface area contributed by atoms with Gasteiger partial charge in [0.1, 0.15) is 11.6 Å². The highest BCUT2D eigenvalue weighted by molar-refractivity contribution is 8.06. The largest absolute Gasteiger partial charge is 0.392 e. The smallest absolute Gasteiger partial charge is 0.127 e. The molecule has 1 aromatic carbocycles. The highest BCUT2D eigenvalue weighted by Crippen LogP contribution is 2.43. The highest BCUT2D eigenvalue weighted by Gasteiger charge is 2.33. The van der Waals surface area contributed by atoms with E-state index in [0.29, 0.717) is 0 Å². The average molecular weight is 290 g/mol. The van der Waals surface area contributed by atoms with E-state index in [9.17, 15) is 8.78 Å². The third kappa shape index (κ3) is 2.20. The fraction of sp³-hybridized carbons (Fsp3) is 0.0769.